The molecule has 1 aromatic carbocycles. The highest BCUT2D eigenvalue weighted by atomic mass is 79.9. The molecule has 0 atom stereocenters. The largest absolute Gasteiger partial charge is 0.269 e. The van der Waals surface area contributed by atoms with Gasteiger partial charge in [0.25, 0.3) is 0 Å². The average molecular weight is 331 g/mol. The molecule has 0 aliphatic heterocycles. The van der Waals surface area contributed by atoms with Gasteiger partial charge in [-0.05, 0) is 28.4 Å². The third kappa shape index (κ3) is 2.41. The fourth-order valence-electron chi connectivity index (χ4n) is 2.24. The van der Waals surface area contributed by atoms with E-state index in [0.29, 0.717) is 6.54 Å². The first-order chi connectivity index (χ1) is 9.65. The van der Waals surface area contributed by atoms with Crippen molar-refractivity contribution in [2.24, 2.45) is 7.05 Å². The molecule has 2 aromatic heterocycles. The first kappa shape index (κ1) is 13.1. The molecule has 0 spiro atoms. The molecule has 5 heteroatoms. The quantitative estimate of drug-likeness (QED) is 0.737. The van der Waals surface area contributed by atoms with Gasteiger partial charge >= 0.3 is 0 Å². The predicted molar refractivity (Wildman–Crippen MR) is 82.4 cm³/mol. The molecule has 0 bridgehead atoms. The number of aromatic nitrogens is 4. The number of halogens is 1. The van der Waals surface area contributed by atoms with Crippen molar-refractivity contribution in [1.82, 2.24) is 19.6 Å². The van der Waals surface area contributed by atoms with Crippen LogP contribution >= 0.6 is 15.9 Å². The van der Waals surface area contributed by atoms with E-state index in [2.05, 4.69) is 44.5 Å². The van der Waals surface area contributed by atoms with E-state index in [1.54, 1.807) is 0 Å². The molecule has 20 heavy (non-hydrogen) atoms. The third-order valence-electron chi connectivity index (χ3n) is 3.31. The minimum atomic E-state index is 0.699. The summed E-state index contributed by atoms with van der Waals surface area (Å²) in [6.45, 7) is 2.69. The zero-order chi connectivity index (χ0) is 14.1. The van der Waals surface area contributed by atoms with Crippen LogP contribution in [0.25, 0.3) is 11.1 Å². The fraction of sp³-hybridized carbons (Fsp3) is 0.200. The van der Waals surface area contributed by atoms with Crippen LogP contribution in [0.5, 0.6) is 0 Å². The van der Waals surface area contributed by atoms with E-state index in [1.807, 2.05) is 47.7 Å². The summed E-state index contributed by atoms with van der Waals surface area (Å²) in [4.78, 5) is 0. The summed E-state index contributed by atoms with van der Waals surface area (Å²) in [7, 11) is 1.95. The molecule has 0 fully saturated rings. The van der Waals surface area contributed by atoms with Crippen LogP contribution in [0.3, 0.4) is 0 Å². The van der Waals surface area contributed by atoms with Crippen LogP contribution in [-0.2, 0) is 13.6 Å². The van der Waals surface area contributed by atoms with E-state index in [4.69, 9.17) is 0 Å². The Hall–Kier alpha value is -1.88. The summed E-state index contributed by atoms with van der Waals surface area (Å²) >= 11 is 3.59. The van der Waals surface area contributed by atoms with Gasteiger partial charge in [0.15, 0.2) is 0 Å². The SMILES string of the molecule is Cc1nn(C)c(Cn2cc(-c3ccccc3)cn2)c1Br. The Kier molecular flexibility index (Phi) is 3.44. The van der Waals surface area contributed by atoms with Gasteiger partial charge in [0, 0.05) is 18.8 Å². The maximum absolute atomic E-state index is 4.43. The zero-order valence-electron chi connectivity index (χ0n) is 11.4. The van der Waals surface area contributed by atoms with Gasteiger partial charge in [0.1, 0.15) is 0 Å². The van der Waals surface area contributed by atoms with Gasteiger partial charge in [-0.2, -0.15) is 10.2 Å². The smallest absolute Gasteiger partial charge is 0.0839 e. The van der Waals surface area contributed by atoms with Gasteiger partial charge in [0.05, 0.1) is 28.6 Å². The van der Waals surface area contributed by atoms with E-state index >= 15 is 0 Å². The van der Waals surface area contributed by atoms with Crippen LogP contribution in [0.1, 0.15) is 11.4 Å². The van der Waals surface area contributed by atoms with Crippen LogP contribution in [0.4, 0.5) is 0 Å². The lowest BCUT2D eigenvalue weighted by Gasteiger charge is -2.03. The summed E-state index contributed by atoms with van der Waals surface area (Å²) in [5.74, 6) is 0. The van der Waals surface area contributed by atoms with E-state index in [-0.39, 0.29) is 0 Å². The molecule has 3 aromatic rings. The number of nitrogens with zero attached hydrogens (tertiary/aromatic N) is 4. The second-order valence-corrected chi connectivity index (χ2v) is 5.56. The van der Waals surface area contributed by atoms with Crippen molar-refractivity contribution in [2.45, 2.75) is 13.5 Å². The molecule has 0 saturated heterocycles. The number of rotatable bonds is 3. The van der Waals surface area contributed by atoms with Crippen molar-refractivity contribution in [3.63, 3.8) is 0 Å². The van der Waals surface area contributed by atoms with Gasteiger partial charge in [0.2, 0.25) is 0 Å². The second-order valence-electron chi connectivity index (χ2n) is 4.76. The third-order valence-corrected chi connectivity index (χ3v) is 4.35. The Bertz CT molecular complexity index is 728. The fourth-order valence-corrected chi connectivity index (χ4v) is 2.70. The lowest BCUT2D eigenvalue weighted by atomic mass is 10.1. The van der Waals surface area contributed by atoms with E-state index in [9.17, 15) is 0 Å². The molecule has 0 amide bonds. The second kappa shape index (κ2) is 5.25. The lowest BCUT2D eigenvalue weighted by Crippen LogP contribution is -2.06. The highest BCUT2D eigenvalue weighted by molar-refractivity contribution is 9.10. The molecule has 0 radical (unpaired) electrons. The summed E-state index contributed by atoms with van der Waals surface area (Å²) in [5, 5.41) is 8.83. The highest BCUT2D eigenvalue weighted by Gasteiger charge is 2.11. The van der Waals surface area contributed by atoms with Gasteiger partial charge in [-0.15, -0.1) is 0 Å². The molecule has 0 aliphatic carbocycles. The first-order valence-electron chi connectivity index (χ1n) is 6.41. The standard InChI is InChI=1S/C15H15BrN4/c1-11-15(16)14(19(2)18-11)10-20-9-13(8-17-20)12-6-4-3-5-7-12/h3-9H,10H2,1-2H3. The number of aryl methyl sites for hydroxylation is 2. The Morgan fingerprint density at radius 3 is 2.55 bits per heavy atom. The molecule has 0 aliphatic rings. The molecular formula is C15H15BrN4. The van der Waals surface area contributed by atoms with Crippen LogP contribution in [0, 0.1) is 6.92 Å². The number of hydrogen-bond acceptors (Lipinski definition) is 2. The molecule has 0 N–H and O–H groups in total. The summed E-state index contributed by atoms with van der Waals surface area (Å²) < 4.78 is 4.88. The summed E-state index contributed by atoms with van der Waals surface area (Å²) in [6.07, 6.45) is 3.95. The molecule has 3 rings (SSSR count). The normalized spacial score (nSPS) is 10.9. The minimum absolute atomic E-state index is 0.699. The predicted octanol–water partition coefficient (Wildman–Crippen LogP) is 3.40. The average Bonchev–Trinajstić information content (AvgIpc) is 3.01. The van der Waals surface area contributed by atoms with Crippen molar-refractivity contribution in [3.05, 3.63) is 58.6 Å². The van der Waals surface area contributed by atoms with Gasteiger partial charge < -0.3 is 0 Å². The van der Waals surface area contributed by atoms with Gasteiger partial charge in [-0.1, -0.05) is 30.3 Å². The van der Waals surface area contributed by atoms with Crippen molar-refractivity contribution >= 4 is 15.9 Å². The molecule has 102 valence electrons. The topological polar surface area (TPSA) is 35.6 Å². The van der Waals surface area contributed by atoms with Crippen LogP contribution in [-0.4, -0.2) is 19.6 Å². The Morgan fingerprint density at radius 2 is 1.90 bits per heavy atom. The van der Waals surface area contributed by atoms with Crippen molar-refractivity contribution < 1.29 is 0 Å². The molecule has 0 saturated carbocycles. The van der Waals surface area contributed by atoms with E-state index in [1.165, 1.54) is 5.56 Å². The Morgan fingerprint density at radius 1 is 1.15 bits per heavy atom. The minimum Gasteiger partial charge on any atom is -0.269 e. The molecular weight excluding hydrogens is 316 g/mol. The maximum Gasteiger partial charge on any atom is 0.0839 e. The lowest BCUT2D eigenvalue weighted by molar-refractivity contribution is 0.617. The Labute approximate surface area is 126 Å². The van der Waals surface area contributed by atoms with Gasteiger partial charge in [-0.25, -0.2) is 0 Å². The van der Waals surface area contributed by atoms with Gasteiger partial charge in [-0.3, -0.25) is 9.36 Å². The Balaban J connectivity index is 1.88. The van der Waals surface area contributed by atoms with E-state index in [0.717, 1.165) is 21.4 Å². The van der Waals surface area contributed by atoms with Crippen LogP contribution in [0.15, 0.2) is 47.2 Å². The summed E-state index contributed by atoms with van der Waals surface area (Å²) in [6, 6.07) is 10.3. The maximum atomic E-state index is 4.43. The first-order valence-corrected chi connectivity index (χ1v) is 7.20. The number of benzene rings is 1. The molecule has 4 nitrogen and oxygen atoms in total. The van der Waals surface area contributed by atoms with E-state index < -0.39 is 0 Å². The summed E-state index contributed by atoms with van der Waals surface area (Å²) in [5.41, 5.74) is 4.42. The van der Waals surface area contributed by atoms with Crippen LogP contribution in [0.2, 0.25) is 0 Å². The van der Waals surface area contributed by atoms with Crippen LogP contribution < -0.4 is 0 Å². The van der Waals surface area contributed by atoms with Crippen molar-refractivity contribution in [3.8, 4) is 11.1 Å². The number of hydrogen-bond donors (Lipinski definition) is 0. The monoisotopic (exact) mass is 330 g/mol. The highest BCUT2D eigenvalue weighted by Crippen LogP contribution is 2.22. The van der Waals surface area contributed by atoms with Crippen molar-refractivity contribution in [1.29, 1.82) is 0 Å². The van der Waals surface area contributed by atoms with Crippen molar-refractivity contribution in [2.75, 3.05) is 0 Å². The molecule has 0 unspecified atom stereocenters. The zero-order valence-corrected chi connectivity index (χ0v) is 13.0. The molecule has 2 heterocycles.